The van der Waals surface area contributed by atoms with Crippen molar-refractivity contribution in [3.63, 3.8) is 0 Å². The van der Waals surface area contributed by atoms with Crippen molar-refractivity contribution in [1.29, 1.82) is 0 Å². The van der Waals surface area contributed by atoms with Gasteiger partial charge in [-0.1, -0.05) is 23.7 Å². The van der Waals surface area contributed by atoms with Gasteiger partial charge >= 0.3 is 6.03 Å². The molecule has 31 heavy (non-hydrogen) atoms. The van der Waals surface area contributed by atoms with Gasteiger partial charge in [0, 0.05) is 37.0 Å². The maximum Gasteiger partial charge on any atom is 0.327 e. The molecule has 3 aromatic rings. The van der Waals surface area contributed by atoms with Crippen molar-refractivity contribution < 1.29 is 13.9 Å². The van der Waals surface area contributed by atoms with Crippen LogP contribution in [0, 0.1) is 5.82 Å². The molecule has 0 spiro atoms. The fourth-order valence-electron chi connectivity index (χ4n) is 2.86. The third-order valence-electron chi connectivity index (χ3n) is 4.31. The van der Waals surface area contributed by atoms with E-state index in [1.165, 1.54) is 29.2 Å². The Kier molecular flexibility index (Phi) is 7.75. The Balaban J connectivity index is 1.85. The largest absolute Gasteiger partial charge is 0.383 e. The zero-order valence-electron chi connectivity index (χ0n) is 17.2. The molecule has 0 saturated heterocycles. The molecule has 1 heterocycles. The molecule has 1 aromatic heterocycles. The Labute approximate surface area is 185 Å². The number of halogens is 2. The van der Waals surface area contributed by atoms with Crippen LogP contribution in [0.2, 0.25) is 5.02 Å². The number of amides is 2. The summed E-state index contributed by atoms with van der Waals surface area (Å²) < 4.78 is 18.6. The average molecular weight is 444 g/mol. The van der Waals surface area contributed by atoms with E-state index in [2.05, 4.69) is 20.6 Å². The van der Waals surface area contributed by atoms with Crippen LogP contribution in [0.25, 0.3) is 0 Å². The summed E-state index contributed by atoms with van der Waals surface area (Å²) in [7, 11) is 1.61. The zero-order valence-corrected chi connectivity index (χ0v) is 17.9. The van der Waals surface area contributed by atoms with Gasteiger partial charge in [-0.25, -0.2) is 19.1 Å². The van der Waals surface area contributed by atoms with E-state index in [4.69, 9.17) is 16.3 Å². The molecule has 0 aliphatic carbocycles. The first kappa shape index (κ1) is 22.5. The molecule has 3 rings (SSSR count). The molecule has 0 fully saturated rings. The first-order valence-corrected chi connectivity index (χ1v) is 10.0. The van der Waals surface area contributed by atoms with Crippen LogP contribution in [0.1, 0.15) is 12.5 Å². The number of benzene rings is 2. The van der Waals surface area contributed by atoms with Gasteiger partial charge in [0.1, 0.15) is 11.6 Å². The highest BCUT2D eigenvalue weighted by molar-refractivity contribution is 6.30. The normalized spacial score (nSPS) is 11.6. The monoisotopic (exact) mass is 443 g/mol. The number of ether oxygens (including phenoxy) is 1. The maximum absolute atomic E-state index is 13.5. The zero-order chi connectivity index (χ0) is 22.2. The third kappa shape index (κ3) is 6.37. The van der Waals surface area contributed by atoms with Crippen LogP contribution in [-0.2, 0) is 11.3 Å². The van der Waals surface area contributed by atoms with E-state index in [0.29, 0.717) is 29.1 Å². The summed E-state index contributed by atoms with van der Waals surface area (Å²) in [6.45, 7) is 2.68. The molecular formula is C22H23ClFN5O2. The van der Waals surface area contributed by atoms with Crippen LogP contribution in [0.4, 0.5) is 26.6 Å². The van der Waals surface area contributed by atoms with Crippen LogP contribution >= 0.6 is 11.6 Å². The van der Waals surface area contributed by atoms with E-state index in [-0.39, 0.29) is 12.6 Å². The summed E-state index contributed by atoms with van der Waals surface area (Å²) in [6, 6.07) is 13.9. The molecule has 2 N–H and O–H groups in total. The minimum Gasteiger partial charge on any atom is -0.383 e. The minimum atomic E-state index is -0.420. The number of aromatic nitrogens is 2. The van der Waals surface area contributed by atoms with E-state index in [1.54, 1.807) is 31.5 Å². The molecule has 9 heteroatoms. The lowest BCUT2D eigenvalue weighted by atomic mass is 10.2. The molecule has 0 aliphatic rings. The molecule has 0 aliphatic heterocycles. The molecule has 2 aromatic carbocycles. The van der Waals surface area contributed by atoms with Crippen molar-refractivity contribution in [2.75, 3.05) is 23.9 Å². The quantitative estimate of drug-likeness (QED) is 0.524. The second kappa shape index (κ2) is 10.7. The third-order valence-corrected chi connectivity index (χ3v) is 4.56. The van der Waals surface area contributed by atoms with Crippen molar-refractivity contribution in [1.82, 2.24) is 15.3 Å². The summed E-state index contributed by atoms with van der Waals surface area (Å²) >= 11 is 5.91. The Hall–Kier alpha value is -3.23. The summed E-state index contributed by atoms with van der Waals surface area (Å²) in [4.78, 5) is 23.1. The minimum absolute atomic E-state index is 0.0294. The van der Waals surface area contributed by atoms with E-state index in [0.717, 1.165) is 5.56 Å². The fraction of sp³-hybridized carbons (Fsp3) is 0.227. The van der Waals surface area contributed by atoms with E-state index >= 15 is 0 Å². The standard InChI is InChI=1S/C22H23ClFN5O2/c1-15(14-31-2)27-21-25-12-11-20(28-21)29(19-9-7-18(24)8-10-19)22(30)26-13-16-3-5-17(23)6-4-16/h3-12,15H,13-14H2,1-2H3,(H,26,30)(H,25,27,28). The average Bonchev–Trinajstić information content (AvgIpc) is 2.75. The summed E-state index contributed by atoms with van der Waals surface area (Å²) in [5.41, 5.74) is 1.35. The maximum atomic E-state index is 13.5. The number of rotatable bonds is 8. The Morgan fingerprint density at radius 3 is 2.55 bits per heavy atom. The van der Waals surface area contributed by atoms with Gasteiger partial charge in [-0.2, -0.15) is 4.98 Å². The molecule has 2 amide bonds. The van der Waals surface area contributed by atoms with Crippen LogP contribution in [0.15, 0.2) is 60.8 Å². The lowest BCUT2D eigenvalue weighted by Gasteiger charge is -2.23. The first-order valence-electron chi connectivity index (χ1n) is 9.62. The molecule has 162 valence electrons. The number of nitrogens with one attached hydrogen (secondary N) is 2. The lowest BCUT2D eigenvalue weighted by molar-refractivity contribution is 0.190. The molecule has 0 radical (unpaired) electrons. The SMILES string of the molecule is COCC(C)Nc1nccc(N(C(=O)NCc2ccc(Cl)cc2)c2ccc(F)cc2)n1. The highest BCUT2D eigenvalue weighted by atomic mass is 35.5. The highest BCUT2D eigenvalue weighted by Gasteiger charge is 2.20. The van der Waals surface area contributed by atoms with Crippen molar-refractivity contribution in [3.8, 4) is 0 Å². The van der Waals surface area contributed by atoms with Gasteiger partial charge in [0.05, 0.1) is 12.3 Å². The fourth-order valence-corrected chi connectivity index (χ4v) is 2.98. The van der Waals surface area contributed by atoms with Gasteiger partial charge in [0.2, 0.25) is 5.95 Å². The topological polar surface area (TPSA) is 79.4 Å². The molecule has 7 nitrogen and oxygen atoms in total. The summed E-state index contributed by atoms with van der Waals surface area (Å²) in [5, 5.41) is 6.60. The van der Waals surface area contributed by atoms with Crippen LogP contribution in [-0.4, -0.2) is 35.8 Å². The number of nitrogens with zero attached hydrogens (tertiary/aromatic N) is 3. The van der Waals surface area contributed by atoms with E-state index < -0.39 is 11.8 Å². The van der Waals surface area contributed by atoms with Crippen molar-refractivity contribution in [2.45, 2.75) is 19.5 Å². The number of carbonyl (C=O) groups excluding carboxylic acids is 1. The second-order valence-corrected chi connectivity index (χ2v) is 7.27. The van der Waals surface area contributed by atoms with Gasteiger partial charge in [0.25, 0.3) is 0 Å². The van der Waals surface area contributed by atoms with Gasteiger partial charge in [-0.05, 0) is 48.9 Å². The molecule has 1 atom stereocenters. The van der Waals surface area contributed by atoms with Gasteiger partial charge < -0.3 is 15.4 Å². The van der Waals surface area contributed by atoms with Gasteiger partial charge in [0.15, 0.2) is 0 Å². The highest BCUT2D eigenvalue weighted by Crippen LogP contribution is 2.25. The number of hydrogen-bond acceptors (Lipinski definition) is 5. The smallest absolute Gasteiger partial charge is 0.327 e. The predicted octanol–water partition coefficient (Wildman–Crippen LogP) is 4.76. The lowest BCUT2D eigenvalue weighted by Crippen LogP contribution is -2.37. The van der Waals surface area contributed by atoms with Crippen LogP contribution in [0.5, 0.6) is 0 Å². The van der Waals surface area contributed by atoms with Crippen LogP contribution in [0.3, 0.4) is 0 Å². The van der Waals surface area contributed by atoms with Crippen molar-refractivity contribution >= 4 is 35.1 Å². The van der Waals surface area contributed by atoms with Crippen molar-refractivity contribution in [3.05, 3.63) is 77.2 Å². The summed E-state index contributed by atoms with van der Waals surface area (Å²) in [6.07, 6.45) is 1.55. The predicted molar refractivity (Wildman–Crippen MR) is 119 cm³/mol. The molecule has 1 unspecified atom stereocenters. The Bertz CT molecular complexity index is 1000. The number of carbonyl (C=O) groups is 1. The van der Waals surface area contributed by atoms with Gasteiger partial charge in [-0.3, -0.25) is 0 Å². The molecule has 0 saturated carbocycles. The van der Waals surface area contributed by atoms with E-state index in [9.17, 15) is 9.18 Å². The van der Waals surface area contributed by atoms with E-state index in [1.807, 2.05) is 19.1 Å². The summed E-state index contributed by atoms with van der Waals surface area (Å²) in [5.74, 6) is 0.283. The number of anilines is 3. The first-order chi connectivity index (χ1) is 15.0. The molecule has 0 bridgehead atoms. The Morgan fingerprint density at radius 1 is 1.16 bits per heavy atom. The second-order valence-electron chi connectivity index (χ2n) is 6.84. The number of urea groups is 1. The molecular weight excluding hydrogens is 421 g/mol. The number of hydrogen-bond donors (Lipinski definition) is 2. The van der Waals surface area contributed by atoms with Crippen LogP contribution < -0.4 is 15.5 Å². The van der Waals surface area contributed by atoms with Gasteiger partial charge in [-0.15, -0.1) is 0 Å². The number of methoxy groups -OCH3 is 1. The Morgan fingerprint density at radius 2 is 1.87 bits per heavy atom. The van der Waals surface area contributed by atoms with Crippen molar-refractivity contribution in [2.24, 2.45) is 0 Å².